The van der Waals surface area contributed by atoms with Crippen molar-refractivity contribution in [3.63, 3.8) is 0 Å². The van der Waals surface area contributed by atoms with Gasteiger partial charge in [-0.3, -0.25) is 4.79 Å². The lowest BCUT2D eigenvalue weighted by atomic mass is 10.1. The molecular weight excluding hydrogens is 262 g/mol. The van der Waals surface area contributed by atoms with E-state index in [9.17, 15) is 4.79 Å². The van der Waals surface area contributed by atoms with E-state index in [1.165, 1.54) is 5.56 Å². The summed E-state index contributed by atoms with van der Waals surface area (Å²) in [5.41, 5.74) is 9.58. The first kappa shape index (κ1) is 13.5. The average molecular weight is 281 g/mol. The van der Waals surface area contributed by atoms with Crippen LogP contribution in [0.5, 0.6) is 0 Å². The number of hydrogen-bond acceptors (Lipinski definition) is 3. The largest absolute Gasteiger partial charge is 0.399 e. The summed E-state index contributed by atoms with van der Waals surface area (Å²) in [7, 11) is 0. The number of anilines is 3. The number of nitrogens with zero attached hydrogens (tertiary/aromatic N) is 1. The Morgan fingerprint density at radius 1 is 1.19 bits per heavy atom. The molecule has 2 aromatic carbocycles. The molecule has 4 nitrogen and oxygen atoms in total. The number of hydrogen-bond donors (Lipinski definition) is 2. The third-order valence-electron chi connectivity index (χ3n) is 3.95. The van der Waals surface area contributed by atoms with Crippen LogP contribution in [0.2, 0.25) is 0 Å². The van der Waals surface area contributed by atoms with Crippen LogP contribution in [0.15, 0.2) is 48.5 Å². The van der Waals surface area contributed by atoms with Gasteiger partial charge in [-0.25, -0.2) is 0 Å². The maximum absolute atomic E-state index is 12.4. The molecular formula is C17H19N3O. The Labute approximate surface area is 124 Å². The Bertz CT molecular complexity index is 651. The smallest absolute Gasteiger partial charge is 0.246 e. The third-order valence-corrected chi connectivity index (χ3v) is 3.95. The zero-order valence-electron chi connectivity index (χ0n) is 12.0. The van der Waals surface area contributed by atoms with Crippen LogP contribution in [0.25, 0.3) is 0 Å². The summed E-state index contributed by atoms with van der Waals surface area (Å²) in [6.45, 7) is 2.82. The van der Waals surface area contributed by atoms with Crippen molar-refractivity contribution in [1.82, 2.24) is 0 Å². The summed E-state index contributed by atoms with van der Waals surface area (Å²) in [5, 5.41) is 2.94. The van der Waals surface area contributed by atoms with Gasteiger partial charge in [0.05, 0.1) is 0 Å². The quantitative estimate of drug-likeness (QED) is 0.850. The molecule has 0 fully saturated rings. The average Bonchev–Trinajstić information content (AvgIpc) is 2.92. The minimum atomic E-state index is -0.203. The number of rotatable bonds is 3. The number of fused-ring (bicyclic) bond motifs is 1. The van der Waals surface area contributed by atoms with E-state index in [1.807, 2.05) is 31.2 Å². The zero-order chi connectivity index (χ0) is 14.8. The highest BCUT2D eigenvalue weighted by Crippen LogP contribution is 2.29. The number of nitrogens with two attached hydrogens (primary N) is 1. The zero-order valence-corrected chi connectivity index (χ0v) is 12.0. The van der Waals surface area contributed by atoms with Crippen LogP contribution < -0.4 is 16.0 Å². The Balaban J connectivity index is 1.72. The molecule has 0 saturated carbocycles. The Hall–Kier alpha value is -2.49. The van der Waals surface area contributed by atoms with E-state index < -0.39 is 0 Å². The molecule has 2 aromatic rings. The van der Waals surface area contributed by atoms with Gasteiger partial charge in [0.1, 0.15) is 6.04 Å². The molecule has 21 heavy (non-hydrogen) atoms. The maximum Gasteiger partial charge on any atom is 0.246 e. The van der Waals surface area contributed by atoms with Gasteiger partial charge in [-0.15, -0.1) is 0 Å². The van der Waals surface area contributed by atoms with Crippen LogP contribution in [-0.2, 0) is 11.2 Å². The highest BCUT2D eigenvalue weighted by atomic mass is 16.2. The van der Waals surface area contributed by atoms with Gasteiger partial charge in [0, 0.05) is 23.6 Å². The van der Waals surface area contributed by atoms with Crippen LogP contribution in [0, 0.1) is 0 Å². The Kier molecular flexibility index (Phi) is 3.52. The summed E-state index contributed by atoms with van der Waals surface area (Å²) in [6, 6.07) is 15.3. The first-order valence-electron chi connectivity index (χ1n) is 7.16. The lowest BCUT2D eigenvalue weighted by Gasteiger charge is -2.26. The van der Waals surface area contributed by atoms with E-state index in [1.54, 1.807) is 12.1 Å². The van der Waals surface area contributed by atoms with Crippen LogP contribution in [0.1, 0.15) is 12.5 Å². The second-order valence-corrected chi connectivity index (χ2v) is 5.36. The van der Waals surface area contributed by atoms with Gasteiger partial charge in [-0.05, 0) is 49.2 Å². The molecule has 0 spiro atoms. The standard InChI is InChI=1S/C17H19N3O/c1-12(17(21)19-15-8-6-14(18)7-9-15)20-11-10-13-4-2-3-5-16(13)20/h2-9,12H,10-11,18H2,1H3,(H,19,21). The first-order valence-corrected chi connectivity index (χ1v) is 7.16. The van der Waals surface area contributed by atoms with Crippen LogP contribution in [-0.4, -0.2) is 18.5 Å². The molecule has 0 radical (unpaired) electrons. The molecule has 1 amide bonds. The van der Waals surface area contributed by atoms with Gasteiger partial charge in [0.15, 0.2) is 0 Å². The second-order valence-electron chi connectivity index (χ2n) is 5.36. The molecule has 0 bridgehead atoms. The summed E-state index contributed by atoms with van der Waals surface area (Å²) in [5.74, 6) is -0.00326. The highest BCUT2D eigenvalue weighted by molar-refractivity contribution is 5.97. The van der Waals surface area contributed by atoms with E-state index in [4.69, 9.17) is 5.73 Å². The van der Waals surface area contributed by atoms with Crippen molar-refractivity contribution < 1.29 is 4.79 Å². The van der Waals surface area contributed by atoms with Crippen molar-refractivity contribution in [2.75, 3.05) is 22.5 Å². The molecule has 1 unspecified atom stereocenters. The van der Waals surface area contributed by atoms with Crippen molar-refractivity contribution in [2.45, 2.75) is 19.4 Å². The molecule has 3 N–H and O–H groups in total. The van der Waals surface area contributed by atoms with Crippen LogP contribution in [0.4, 0.5) is 17.1 Å². The molecule has 4 heteroatoms. The summed E-state index contributed by atoms with van der Waals surface area (Å²) >= 11 is 0. The molecule has 1 heterocycles. The minimum absolute atomic E-state index is 0.00326. The normalized spacial score (nSPS) is 14.6. The van der Waals surface area contributed by atoms with Crippen molar-refractivity contribution in [3.05, 3.63) is 54.1 Å². The van der Waals surface area contributed by atoms with Crippen molar-refractivity contribution in [2.24, 2.45) is 0 Å². The van der Waals surface area contributed by atoms with E-state index in [0.29, 0.717) is 5.69 Å². The molecule has 0 aliphatic carbocycles. The molecule has 3 rings (SSSR count). The SMILES string of the molecule is CC(C(=O)Nc1ccc(N)cc1)N1CCc2ccccc21. The van der Waals surface area contributed by atoms with E-state index in [0.717, 1.165) is 24.3 Å². The van der Waals surface area contributed by atoms with Gasteiger partial charge in [-0.1, -0.05) is 18.2 Å². The van der Waals surface area contributed by atoms with Gasteiger partial charge in [0.2, 0.25) is 5.91 Å². The number of carbonyl (C=O) groups excluding carboxylic acids is 1. The number of amides is 1. The monoisotopic (exact) mass is 281 g/mol. The molecule has 0 aromatic heterocycles. The van der Waals surface area contributed by atoms with E-state index in [-0.39, 0.29) is 11.9 Å². The Morgan fingerprint density at radius 2 is 1.90 bits per heavy atom. The summed E-state index contributed by atoms with van der Waals surface area (Å²) in [6.07, 6.45) is 0.996. The predicted molar refractivity (Wildman–Crippen MR) is 86.4 cm³/mol. The van der Waals surface area contributed by atoms with Gasteiger partial charge in [-0.2, -0.15) is 0 Å². The fourth-order valence-electron chi connectivity index (χ4n) is 2.72. The van der Waals surface area contributed by atoms with Crippen LogP contribution in [0.3, 0.4) is 0 Å². The molecule has 0 saturated heterocycles. The lowest BCUT2D eigenvalue weighted by molar-refractivity contribution is -0.117. The third kappa shape index (κ3) is 2.70. The number of para-hydroxylation sites is 1. The van der Waals surface area contributed by atoms with E-state index in [2.05, 4.69) is 22.3 Å². The molecule has 1 aliphatic rings. The first-order chi connectivity index (χ1) is 10.1. The highest BCUT2D eigenvalue weighted by Gasteiger charge is 2.27. The van der Waals surface area contributed by atoms with E-state index >= 15 is 0 Å². The number of nitrogens with one attached hydrogen (secondary N) is 1. The fraction of sp³-hybridized carbons (Fsp3) is 0.235. The second kappa shape index (κ2) is 5.48. The maximum atomic E-state index is 12.4. The molecule has 1 aliphatic heterocycles. The van der Waals surface area contributed by atoms with Gasteiger partial charge in [0.25, 0.3) is 0 Å². The summed E-state index contributed by atoms with van der Waals surface area (Å²) < 4.78 is 0. The predicted octanol–water partition coefficient (Wildman–Crippen LogP) is 2.66. The fourth-order valence-corrected chi connectivity index (χ4v) is 2.72. The number of benzene rings is 2. The Morgan fingerprint density at radius 3 is 2.67 bits per heavy atom. The lowest BCUT2D eigenvalue weighted by Crippen LogP contribution is -2.41. The molecule has 108 valence electrons. The minimum Gasteiger partial charge on any atom is -0.399 e. The van der Waals surface area contributed by atoms with Gasteiger partial charge < -0.3 is 16.0 Å². The number of carbonyl (C=O) groups is 1. The van der Waals surface area contributed by atoms with Gasteiger partial charge >= 0.3 is 0 Å². The summed E-state index contributed by atoms with van der Waals surface area (Å²) in [4.78, 5) is 14.6. The van der Waals surface area contributed by atoms with Crippen molar-refractivity contribution >= 4 is 23.0 Å². The van der Waals surface area contributed by atoms with Crippen LogP contribution >= 0.6 is 0 Å². The van der Waals surface area contributed by atoms with Crippen molar-refractivity contribution in [3.8, 4) is 0 Å². The number of nitrogen functional groups attached to an aromatic ring is 1. The van der Waals surface area contributed by atoms with Crippen molar-refractivity contribution in [1.29, 1.82) is 0 Å². The molecule has 1 atom stereocenters. The topological polar surface area (TPSA) is 58.4 Å².